The molecule has 0 bridgehead atoms. The van der Waals surface area contributed by atoms with Gasteiger partial charge in [-0.3, -0.25) is 4.68 Å². The molecule has 0 amide bonds. The molecule has 2 N–H and O–H groups in total. The van der Waals surface area contributed by atoms with Crippen LogP contribution in [-0.2, 0) is 7.05 Å². The lowest BCUT2D eigenvalue weighted by Crippen LogP contribution is -2.13. The first-order valence-corrected chi connectivity index (χ1v) is 4.76. The van der Waals surface area contributed by atoms with Gasteiger partial charge in [0.25, 0.3) is 0 Å². The van der Waals surface area contributed by atoms with Gasteiger partial charge >= 0.3 is 0 Å². The van der Waals surface area contributed by atoms with E-state index in [2.05, 4.69) is 9.47 Å². The van der Waals surface area contributed by atoms with Crippen molar-refractivity contribution in [3.8, 4) is 0 Å². The van der Waals surface area contributed by atoms with E-state index in [0.29, 0.717) is 0 Å². The number of hydrogen-bond acceptors (Lipinski definition) is 4. The summed E-state index contributed by atoms with van der Waals surface area (Å²) in [6.45, 7) is 0. The Morgan fingerprint density at radius 1 is 1.46 bits per heavy atom. The van der Waals surface area contributed by atoms with Crippen molar-refractivity contribution < 1.29 is 0 Å². The Morgan fingerprint density at radius 3 is 2.85 bits per heavy atom. The van der Waals surface area contributed by atoms with Crippen molar-refractivity contribution in [1.29, 1.82) is 0 Å². The predicted octanol–water partition coefficient (Wildman–Crippen LogP) is 0.925. The second kappa shape index (κ2) is 3.27. The van der Waals surface area contributed by atoms with Crippen LogP contribution in [0.25, 0.3) is 0 Å². The molecule has 2 rings (SSSR count). The van der Waals surface area contributed by atoms with Gasteiger partial charge in [-0.1, -0.05) is 0 Å². The first-order chi connectivity index (χ1) is 6.27. The Kier molecular flexibility index (Phi) is 2.12. The fourth-order valence-electron chi connectivity index (χ4n) is 1.13. The largest absolute Gasteiger partial charge is 0.318 e. The zero-order valence-electron chi connectivity index (χ0n) is 7.21. The quantitative estimate of drug-likeness (QED) is 0.773. The van der Waals surface area contributed by atoms with Crippen molar-refractivity contribution in [3.63, 3.8) is 0 Å². The fraction of sp³-hybridized carbons (Fsp3) is 0.250. The van der Waals surface area contributed by atoms with Crippen LogP contribution in [-0.4, -0.2) is 14.2 Å². The Bertz CT molecular complexity index is 379. The van der Waals surface area contributed by atoms with Crippen LogP contribution in [0.2, 0.25) is 0 Å². The summed E-state index contributed by atoms with van der Waals surface area (Å²) in [5.74, 6) is 0. The minimum absolute atomic E-state index is 0.201. The van der Waals surface area contributed by atoms with Crippen molar-refractivity contribution in [2.24, 2.45) is 12.8 Å². The van der Waals surface area contributed by atoms with Gasteiger partial charge in [0.1, 0.15) is 0 Å². The van der Waals surface area contributed by atoms with E-state index in [1.54, 1.807) is 4.68 Å². The van der Waals surface area contributed by atoms with E-state index in [-0.39, 0.29) is 6.04 Å². The number of aryl methyl sites for hydroxylation is 1. The SMILES string of the molecule is Cn1ccc(C(N)c2ccsn2)n1. The van der Waals surface area contributed by atoms with Crippen LogP contribution >= 0.6 is 11.5 Å². The average molecular weight is 194 g/mol. The lowest BCUT2D eigenvalue weighted by Gasteiger charge is -2.03. The zero-order chi connectivity index (χ0) is 9.26. The van der Waals surface area contributed by atoms with Crippen LogP contribution in [0.5, 0.6) is 0 Å². The number of nitrogens with zero attached hydrogens (tertiary/aromatic N) is 3. The smallest absolute Gasteiger partial charge is 0.0929 e. The summed E-state index contributed by atoms with van der Waals surface area (Å²) in [5, 5.41) is 6.14. The molecule has 0 radical (unpaired) electrons. The summed E-state index contributed by atoms with van der Waals surface area (Å²) in [5.41, 5.74) is 7.68. The van der Waals surface area contributed by atoms with Gasteiger partial charge in [0.15, 0.2) is 0 Å². The Morgan fingerprint density at radius 2 is 2.31 bits per heavy atom. The Labute approximate surface area is 80.2 Å². The predicted molar refractivity (Wildman–Crippen MR) is 51.4 cm³/mol. The molecule has 0 aromatic carbocycles. The molecule has 2 aromatic heterocycles. The van der Waals surface area contributed by atoms with Gasteiger partial charge in [-0.05, 0) is 23.7 Å². The third-order valence-corrected chi connectivity index (χ3v) is 2.40. The summed E-state index contributed by atoms with van der Waals surface area (Å²) in [6, 6.07) is 3.63. The summed E-state index contributed by atoms with van der Waals surface area (Å²) in [4.78, 5) is 0. The van der Waals surface area contributed by atoms with Crippen molar-refractivity contribution in [3.05, 3.63) is 35.1 Å². The maximum atomic E-state index is 5.94. The van der Waals surface area contributed by atoms with Crippen molar-refractivity contribution in [2.75, 3.05) is 0 Å². The molecule has 0 aliphatic carbocycles. The zero-order valence-corrected chi connectivity index (χ0v) is 8.03. The van der Waals surface area contributed by atoms with Crippen LogP contribution in [0.4, 0.5) is 0 Å². The third-order valence-electron chi connectivity index (χ3n) is 1.83. The van der Waals surface area contributed by atoms with Crippen molar-refractivity contribution in [1.82, 2.24) is 14.2 Å². The van der Waals surface area contributed by atoms with E-state index in [0.717, 1.165) is 11.4 Å². The normalized spacial score (nSPS) is 13.1. The van der Waals surface area contributed by atoms with E-state index < -0.39 is 0 Å². The number of nitrogens with two attached hydrogens (primary N) is 1. The number of rotatable bonds is 2. The van der Waals surface area contributed by atoms with Crippen LogP contribution in [0, 0.1) is 0 Å². The highest BCUT2D eigenvalue weighted by Gasteiger charge is 2.12. The molecule has 0 aliphatic rings. The molecule has 0 fully saturated rings. The van der Waals surface area contributed by atoms with E-state index in [1.165, 1.54) is 11.5 Å². The Hall–Kier alpha value is -1.20. The highest BCUT2D eigenvalue weighted by molar-refractivity contribution is 7.03. The van der Waals surface area contributed by atoms with Gasteiger partial charge in [-0.15, -0.1) is 0 Å². The second-order valence-corrected chi connectivity index (χ2v) is 3.48. The van der Waals surface area contributed by atoms with Gasteiger partial charge in [0.05, 0.1) is 17.4 Å². The molecule has 2 aromatic rings. The molecule has 1 atom stereocenters. The molecule has 0 saturated heterocycles. The maximum absolute atomic E-state index is 5.94. The highest BCUT2D eigenvalue weighted by atomic mass is 32.1. The van der Waals surface area contributed by atoms with E-state index >= 15 is 0 Å². The molecule has 0 saturated carbocycles. The molecule has 0 aliphatic heterocycles. The number of hydrogen-bond donors (Lipinski definition) is 1. The average Bonchev–Trinajstić information content (AvgIpc) is 2.72. The van der Waals surface area contributed by atoms with E-state index in [1.807, 2.05) is 30.8 Å². The van der Waals surface area contributed by atoms with Gasteiger partial charge in [0, 0.05) is 18.6 Å². The minimum Gasteiger partial charge on any atom is -0.318 e. The molecule has 5 heteroatoms. The summed E-state index contributed by atoms with van der Waals surface area (Å²) in [6.07, 6.45) is 1.88. The van der Waals surface area contributed by atoms with Gasteiger partial charge < -0.3 is 5.73 Å². The molecule has 4 nitrogen and oxygen atoms in total. The van der Waals surface area contributed by atoms with Gasteiger partial charge in [-0.25, -0.2) is 0 Å². The van der Waals surface area contributed by atoms with Crippen LogP contribution in [0.1, 0.15) is 17.4 Å². The summed E-state index contributed by atoms with van der Waals surface area (Å²) in [7, 11) is 1.87. The van der Waals surface area contributed by atoms with Gasteiger partial charge in [-0.2, -0.15) is 9.47 Å². The number of aromatic nitrogens is 3. The lowest BCUT2D eigenvalue weighted by atomic mass is 10.1. The lowest BCUT2D eigenvalue weighted by molar-refractivity contribution is 0.710. The summed E-state index contributed by atoms with van der Waals surface area (Å²) >= 11 is 1.40. The van der Waals surface area contributed by atoms with Crippen molar-refractivity contribution in [2.45, 2.75) is 6.04 Å². The van der Waals surface area contributed by atoms with E-state index in [4.69, 9.17) is 5.73 Å². The molecule has 2 heterocycles. The van der Waals surface area contributed by atoms with Gasteiger partial charge in [0.2, 0.25) is 0 Å². The van der Waals surface area contributed by atoms with Crippen LogP contribution in [0.3, 0.4) is 0 Å². The third kappa shape index (κ3) is 1.61. The molecular formula is C8H10N4S. The standard InChI is InChI=1S/C8H10N4S/c1-12-4-2-6(10-12)8(9)7-3-5-13-11-7/h2-5,8H,9H2,1H3. The fourth-order valence-corrected chi connectivity index (χ4v) is 1.69. The molecule has 1 unspecified atom stereocenters. The topological polar surface area (TPSA) is 56.7 Å². The van der Waals surface area contributed by atoms with Crippen LogP contribution in [0.15, 0.2) is 23.7 Å². The van der Waals surface area contributed by atoms with Crippen LogP contribution < -0.4 is 5.73 Å². The first kappa shape index (κ1) is 8.40. The molecule has 13 heavy (non-hydrogen) atoms. The molecular weight excluding hydrogens is 184 g/mol. The Balaban J connectivity index is 2.28. The molecule has 0 spiro atoms. The minimum atomic E-state index is -0.201. The monoisotopic (exact) mass is 194 g/mol. The second-order valence-electron chi connectivity index (χ2n) is 2.82. The summed E-state index contributed by atoms with van der Waals surface area (Å²) < 4.78 is 5.91. The highest BCUT2D eigenvalue weighted by Crippen LogP contribution is 2.16. The molecule has 68 valence electrons. The maximum Gasteiger partial charge on any atom is 0.0929 e. The van der Waals surface area contributed by atoms with Crippen molar-refractivity contribution >= 4 is 11.5 Å². The van der Waals surface area contributed by atoms with E-state index in [9.17, 15) is 0 Å². The first-order valence-electron chi connectivity index (χ1n) is 3.93.